The number of carbonyl (C=O) groups excluding carboxylic acids is 3. The van der Waals surface area contributed by atoms with E-state index < -0.39 is 6.04 Å². The van der Waals surface area contributed by atoms with Gasteiger partial charge in [-0.15, -0.1) is 0 Å². The van der Waals surface area contributed by atoms with Gasteiger partial charge in [0.15, 0.2) is 0 Å². The highest BCUT2D eigenvalue weighted by Crippen LogP contribution is 2.26. The summed E-state index contributed by atoms with van der Waals surface area (Å²) in [6.07, 6.45) is -0.0105. The summed E-state index contributed by atoms with van der Waals surface area (Å²) in [7, 11) is 1.58. The highest BCUT2D eigenvalue weighted by Gasteiger charge is 2.43. The Hall–Kier alpha value is -3.15. The lowest BCUT2D eigenvalue weighted by molar-refractivity contribution is -0.137. The molecule has 0 aromatic heterocycles. The van der Waals surface area contributed by atoms with Crippen molar-refractivity contribution in [3.63, 3.8) is 0 Å². The number of benzene rings is 2. The van der Waals surface area contributed by atoms with Gasteiger partial charge in [0.1, 0.15) is 11.8 Å². The number of para-hydroxylation sites is 1. The number of methoxy groups -OCH3 is 1. The fourth-order valence-corrected chi connectivity index (χ4v) is 3.08. The SMILES string of the molecule is COc1ccc(CN(C(C)=O)[C@@H]2CC(=O)N(c3ccccc3)C2=O)cc1. The van der Waals surface area contributed by atoms with Crippen molar-refractivity contribution in [3.05, 3.63) is 60.2 Å². The van der Waals surface area contributed by atoms with Crippen LogP contribution in [0.1, 0.15) is 18.9 Å². The number of hydrogen-bond acceptors (Lipinski definition) is 4. The standard InChI is InChI=1S/C20H20N2O4/c1-14(23)21(13-15-8-10-17(26-2)11-9-15)18-12-19(24)22(20(18)25)16-6-4-3-5-7-16/h3-11,18H,12-13H2,1-2H3/t18-/m1/s1. The van der Waals surface area contributed by atoms with Gasteiger partial charge < -0.3 is 9.64 Å². The van der Waals surface area contributed by atoms with Crippen molar-refractivity contribution in [1.82, 2.24) is 4.90 Å². The van der Waals surface area contributed by atoms with Crippen LogP contribution in [0.5, 0.6) is 5.75 Å². The van der Waals surface area contributed by atoms with Crippen LogP contribution in [0.4, 0.5) is 5.69 Å². The van der Waals surface area contributed by atoms with E-state index in [0.29, 0.717) is 11.4 Å². The van der Waals surface area contributed by atoms with E-state index >= 15 is 0 Å². The number of carbonyl (C=O) groups is 3. The fraction of sp³-hybridized carbons (Fsp3) is 0.250. The van der Waals surface area contributed by atoms with E-state index in [1.807, 2.05) is 18.2 Å². The Morgan fingerprint density at radius 3 is 2.35 bits per heavy atom. The van der Waals surface area contributed by atoms with Gasteiger partial charge in [0.05, 0.1) is 19.2 Å². The van der Waals surface area contributed by atoms with Gasteiger partial charge in [-0.2, -0.15) is 0 Å². The first-order valence-corrected chi connectivity index (χ1v) is 8.33. The lowest BCUT2D eigenvalue weighted by atomic mass is 10.1. The Bertz CT molecular complexity index is 817. The molecule has 0 spiro atoms. The summed E-state index contributed by atoms with van der Waals surface area (Å²) in [5.41, 5.74) is 1.39. The minimum Gasteiger partial charge on any atom is -0.497 e. The number of nitrogens with zero attached hydrogens (tertiary/aromatic N) is 2. The van der Waals surface area contributed by atoms with Crippen molar-refractivity contribution >= 4 is 23.4 Å². The van der Waals surface area contributed by atoms with Gasteiger partial charge >= 0.3 is 0 Å². The smallest absolute Gasteiger partial charge is 0.257 e. The molecule has 0 N–H and O–H groups in total. The molecule has 1 aliphatic rings. The normalized spacial score (nSPS) is 16.7. The van der Waals surface area contributed by atoms with Crippen molar-refractivity contribution in [2.45, 2.75) is 25.9 Å². The van der Waals surface area contributed by atoms with Gasteiger partial charge in [-0.25, -0.2) is 4.90 Å². The van der Waals surface area contributed by atoms with E-state index in [-0.39, 0.29) is 30.7 Å². The third-order valence-electron chi connectivity index (χ3n) is 4.43. The van der Waals surface area contributed by atoms with E-state index in [2.05, 4.69) is 0 Å². The van der Waals surface area contributed by atoms with Crippen LogP contribution in [0.2, 0.25) is 0 Å². The molecular weight excluding hydrogens is 332 g/mol. The summed E-state index contributed by atoms with van der Waals surface area (Å²) < 4.78 is 5.13. The largest absolute Gasteiger partial charge is 0.497 e. The van der Waals surface area contributed by atoms with Crippen molar-refractivity contribution in [2.75, 3.05) is 12.0 Å². The summed E-state index contributed by atoms with van der Waals surface area (Å²) in [6, 6.07) is 15.2. The summed E-state index contributed by atoms with van der Waals surface area (Å²) in [5, 5.41) is 0. The maximum Gasteiger partial charge on any atom is 0.257 e. The van der Waals surface area contributed by atoms with E-state index in [0.717, 1.165) is 10.5 Å². The maximum absolute atomic E-state index is 12.8. The molecule has 1 saturated heterocycles. The van der Waals surface area contributed by atoms with Crippen molar-refractivity contribution in [2.24, 2.45) is 0 Å². The zero-order valence-electron chi connectivity index (χ0n) is 14.7. The van der Waals surface area contributed by atoms with E-state index in [4.69, 9.17) is 4.74 Å². The summed E-state index contributed by atoms with van der Waals surface area (Å²) in [5.74, 6) is -0.204. The summed E-state index contributed by atoms with van der Waals surface area (Å²) in [4.78, 5) is 40.0. The average Bonchev–Trinajstić information content (AvgIpc) is 2.94. The van der Waals surface area contributed by atoms with Crippen LogP contribution in [0.3, 0.4) is 0 Å². The Kier molecular flexibility index (Phi) is 5.02. The monoisotopic (exact) mass is 352 g/mol. The Balaban J connectivity index is 1.83. The van der Waals surface area contributed by atoms with Crippen molar-refractivity contribution in [1.29, 1.82) is 0 Å². The Morgan fingerprint density at radius 2 is 1.77 bits per heavy atom. The lowest BCUT2D eigenvalue weighted by Crippen LogP contribution is -2.44. The molecule has 2 aromatic rings. The Morgan fingerprint density at radius 1 is 1.12 bits per heavy atom. The van der Waals surface area contributed by atoms with Gasteiger partial charge in [-0.1, -0.05) is 30.3 Å². The molecule has 0 bridgehead atoms. The predicted octanol–water partition coefficient (Wildman–Crippen LogP) is 2.38. The molecule has 0 unspecified atom stereocenters. The third kappa shape index (κ3) is 3.44. The van der Waals surface area contributed by atoms with Crippen molar-refractivity contribution < 1.29 is 19.1 Å². The molecule has 1 atom stereocenters. The van der Waals surface area contributed by atoms with Gasteiger partial charge in [0.2, 0.25) is 11.8 Å². The minimum atomic E-state index is -0.790. The molecule has 6 nitrogen and oxygen atoms in total. The molecule has 3 rings (SSSR count). The molecule has 1 heterocycles. The molecule has 134 valence electrons. The lowest BCUT2D eigenvalue weighted by Gasteiger charge is -2.26. The van der Waals surface area contributed by atoms with Crippen molar-refractivity contribution in [3.8, 4) is 5.75 Å². The number of amides is 3. The second-order valence-corrected chi connectivity index (χ2v) is 6.12. The summed E-state index contributed by atoms with van der Waals surface area (Å²) in [6.45, 7) is 1.66. The molecule has 0 saturated carbocycles. The quantitative estimate of drug-likeness (QED) is 0.775. The highest BCUT2D eigenvalue weighted by atomic mass is 16.5. The number of hydrogen-bond donors (Lipinski definition) is 0. The average molecular weight is 352 g/mol. The third-order valence-corrected chi connectivity index (χ3v) is 4.43. The molecule has 3 amide bonds. The van der Waals surface area contributed by atoms with E-state index in [9.17, 15) is 14.4 Å². The van der Waals surface area contributed by atoms with Gasteiger partial charge in [0.25, 0.3) is 5.91 Å². The Labute approximate surface area is 152 Å². The van der Waals surface area contributed by atoms with Crippen LogP contribution < -0.4 is 9.64 Å². The highest BCUT2D eigenvalue weighted by molar-refractivity contribution is 6.22. The molecule has 6 heteroatoms. The second kappa shape index (κ2) is 7.39. The van der Waals surface area contributed by atoms with Crippen LogP contribution in [0.15, 0.2) is 54.6 Å². The molecule has 2 aromatic carbocycles. The zero-order valence-corrected chi connectivity index (χ0v) is 14.7. The zero-order chi connectivity index (χ0) is 18.7. The second-order valence-electron chi connectivity index (χ2n) is 6.12. The van der Waals surface area contributed by atoms with E-state index in [1.54, 1.807) is 43.5 Å². The molecule has 0 radical (unpaired) electrons. The number of rotatable bonds is 5. The number of anilines is 1. The first kappa shape index (κ1) is 17.7. The van der Waals surface area contributed by atoms with Gasteiger partial charge in [-0.3, -0.25) is 14.4 Å². The van der Waals surface area contributed by atoms with Crippen LogP contribution in [0.25, 0.3) is 0 Å². The van der Waals surface area contributed by atoms with Crippen LogP contribution in [-0.2, 0) is 20.9 Å². The molecular formula is C20H20N2O4. The van der Waals surface area contributed by atoms with Crippen LogP contribution in [0, 0.1) is 0 Å². The summed E-state index contributed by atoms with van der Waals surface area (Å²) >= 11 is 0. The maximum atomic E-state index is 12.8. The number of imide groups is 1. The van der Waals surface area contributed by atoms with Gasteiger partial charge in [-0.05, 0) is 29.8 Å². The predicted molar refractivity (Wildman–Crippen MR) is 96.6 cm³/mol. The number of ether oxygens (including phenoxy) is 1. The topological polar surface area (TPSA) is 66.9 Å². The van der Waals surface area contributed by atoms with E-state index in [1.165, 1.54) is 11.8 Å². The molecule has 26 heavy (non-hydrogen) atoms. The van der Waals surface area contributed by atoms with Crippen LogP contribution >= 0.6 is 0 Å². The first-order chi connectivity index (χ1) is 12.5. The fourth-order valence-electron chi connectivity index (χ4n) is 3.08. The molecule has 0 aliphatic carbocycles. The van der Waals surface area contributed by atoms with Gasteiger partial charge in [0, 0.05) is 13.5 Å². The van der Waals surface area contributed by atoms with Crippen LogP contribution in [-0.4, -0.2) is 35.8 Å². The minimum absolute atomic E-state index is 0.0105. The first-order valence-electron chi connectivity index (χ1n) is 8.33. The molecule has 1 aliphatic heterocycles. The molecule has 1 fully saturated rings.